The average Bonchev–Trinajstić information content (AvgIpc) is 3.34. The Kier molecular flexibility index (Phi) is 4.67. The minimum Gasteiger partial charge on any atom is -0.322 e. The summed E-state index contributed by atoms with van der Waals surface area (Å²) in [5, 5.41) is 6.10. The number of aryl methyl sites for hydroxylation is 1. The molecule has 1 aliphatic heterocycles. The summed E-state index contributed by atoms with van der Waals surface area (Å²) in [5.74, 6) is 0.795. The van der Waals surface area contributed by atoms with E-state index < -0.39 is 0 Å². The van der Waals surface area contributed by atoms with Crippen LogP contribution in [0.5, 0.6) is 0 Å². The maximum Gasteiger partial charge on any atom is 0.287 e. The lowest BCUT2D eigenvalue weighted by Gasteiger charge is -2.13. The fraction of sp³-hybridized carbons (Fsp3) is 0.250. The van der Waals surface area contributed by atoms with Crippen LogP contribution in [0.3, 0.4) is 0 Å². The highest BCUT2D eigenvalue weighted by atomic mass is 32.1. The maximum atomic E-state index is 12.9. The molecule has 0 spiro atoms. The molecule has 2 N–H and O–H groups in total. The molecule has 3 aromatic rings. The van der Waals surface area contributed by atoms with Gasteiger partial charge in [0.2, 0.25) is 0 Å². The topological polar surface area (TPSA) is 59.4 Å². The van der Waals surface area contributed by atoms with Crippen molar-refractivity contribution in [2.24, 2.45) is 0 Å². The van der Waals surface area contributed by atoms with Crippen LogP contribution in [0.15, 0.2) is 48.0 Å². The van der Waals surface area contributed by atoms with Crippen LogP contribution in [-0.4, -0.2) is 24.0 Å². The molecule has 4 rings (SSSR count). The van der Waals surface area contributed by atoms with Crippen LogP contribution in [0.2, 0.25) is 0 Å². The molecule has 3 heterocycles. The standard InChI is InChI=1S/C20H20N4OS/c1-14-22-18(13-26-14)15-6-4-7-16(12-15)23-20(25)17-8-5-9-21-19(17)24-10-2-3-11-24/h4-9,12-13H,2-3,10-11H2,1H3,(H,23,25)/p+1. The number of benzene rings is 1. The zero-order chi connectivity index (χ0) is 17.9. The van der Waals surface area contributed by atoms with Crippen LogP contribution < -0.4 is 15.2 Å². The highest BCUT2D eigenvalue weighted by molar-refractivity contribution is 7.09. The van der Waals surface area contributed by atoms with Crippen LogP contribution in [-0.2, 0) is 0 Å². The Balaban J connectivity index is 1.57. The van der Waals surface area contributed by atoms with Crippen molar-refractivity contribution in [3.8, 4) is 11.3 Å². The van der Waals surface area contributed by atoms with Crippen LogP contribution >= 0.6 is 11.3 Å². The van der Waals surface area contributed by atoms with E-state index in [4.69, 9.17) is 0 Å². The Hall–Kier alpha value is -2.73. The summed E-state index contributed by atoms with van der Waals surface area (Å²) in [5.41, 5.74) is 3.39. The first-order chi connectivity index (χ1) is 12.7. The fourth-order valence-electron chi connectivity index (χ4n) is 3.26. The Bertz CT molecular complexity index is 931. The first-order valence-corrected chi connectivity index (χ1v) is 9.68. The van der Waals surface area contributed by atoms with Crippen molar-refractivity contribution >= 4 is 28.7 Å². The SMILES string of the molecule is Cc1nc(-c2cccc(NC(=O)c3ccc[nH+]c3N3CCCC3)c2)cs1. The number of amides is 1. The van der Waals surface area contributed by atoms with Crippen molar-refractivity contribution in [1.29, 1.82) is 0 Å². The third-order valence-corrected chi connectivity index (χ3v) is 5.31. The number of H-pyrrole nitrogens is 1. The molecule has 1 aromatic carbocycles. The highest BCUT2D eigenvalue weighted by Crippen LogP contribution is 2.25. The monoisotopic (exact) mass is 365 g/mol. The Labute approximate surface area is 156 Å². The molecule has 26 heavy (non-hydrogen) atoms. The number of thiazole rings is 1. The molecule has 6 heteroatoms. The van der Waals surface area contributed by atoms with Gasteiger partial charge in [-0.25, -0.2) is 9.97 Å². The minimum atomic E-state index is -0.102. The molecule has 1 fully saturated rings. The molecule has 5 nitrogen and oxygen atoms in total. The summed E-state index contributed by atoms with van der Waals surface area (Å²) in [6.45, 7) is 3.96. The van der Waals surface area contributed by atoms with E-state index in [1.165, 1.54) is 12.8 Å². The van der Waals surface area contributed by atoms with Gasteiger partial charge in [-0.2, -0.15) is 0 Å². The maximum absolute atomic E-state index is 12.9. The van der Waals surface area contributed by atoms with Gasteiger partial charge in [0.1, 0.15) is 5.56 Å². The van der Waals surface area contributed by atoms with E-state index in [0.29, 0.717) is 5.56 Å². The number of nitrogens with one attached hydrogen (secondary N) is 2. The molecule has 0 aliphatic carbocycles. The number of nitrogens with zero attached hydrogens (tertiary/aromatic N) is 2. The second-order valence-corrected chi connectivity index (χ2v) is 7.48. The zero-order valence-electron chi connectivity index (χ0n) is 14.7. The van der Waals surface area contributed by atoms with Crippen molar-refractivity contribution in [1.82, 2.24) is 4.98 Å². The third-order valence-electron chi connectivity index (χ3n) is 4.54. The number of carbonyl (C=O) groups is 1. The van der Waals surface area contributed by atoms with Crippen LogP contribution in [0.1, 0.15) is 28.2 Å². The van der Waals surface area contributed by atoms with Crippen molar-refractivity contribution < 1.29 is 9.78 Å². The van der Waals surface area contributed by atoms with E-state index in [0.717, 1.165) is 40.9 Å². The smallest absolute Gasteiger partial charge is 0.287 e. The predicted octanol–water partition coefficient (Wildman–Crippen LogP) is 3.79. The van der Waals surface area contributed by atoms with Crippen molar-refractivity contribution in [2.45, 2.75) is 19.8 Å². The van der Waals surface area contributed by atoms with E-state index in [2.05, 4.69) is 20.2 Å². The van der Waals surface area contributed by atoms with E-state index in [-0.39, 0.29) is 5.91 Å². The largest absolute Gasteiger partial charge is 0.322 e. The van der Waals surface area contributed by atoms with Crippen molar-refractivity contribution in [3.05, 3.63) is 58.5 Å². The minimum absolute atomic E-state index is 0.102. The quantitative estimate of drug-likeness (QED) is 0.765. The third kappa shape index (κ3) is 3.46. The number of aromatic amines is 1. The van der Waals surface area contributed by atoms with Gasteiger partial charge in [-0.15, -0.1) is 11.3 Å². The van der Waals surface area contributed by atoms with E-state index in [1.807, 2.05) is 54.9 Å². The predicted molar refractivity (Wildman–Crippen MR) is 105 cm³/mol. The molecular weight excluding hydrogens is 344 g/mol. The van der Waals surface area contributed by atoms with E-state index in [1.54, 1.807) is 11.3 Å². The molecule has 132 valence electrons. The second kappa shape index (κ2) is 7.25. The summed E-state index contributed by atoms with van der Waals surface area (Å²) in [6, 6.07) is 11.6. The first kappa shape index (κ1) is 16.7. The summed E-state index contributed by atoms with van der Waals surface area (Å²) in [6.07, 6.45) is 4.20. The summed E-state index contributed by atoms with van der Waals surface area (Å²) in [4.78, 5) is 22.9. The van der Waals surface area contributed by atoms with Gasteiger partial charge in [-0.05, 0) is 44.0 Å². The van der Waals surface area contributed by atoms with E-state index in [9.17, 15) is 4.79 Å². The summed E-state index contributed by atoms with van der Waals surface area (Å²) >= 11 is 1.62. The van der Waals surface area contributed by atoms with Crippen LogP contribution in [0.25, 0.3) is 11.3 Å². The number of anilines is 2. The molecule has 0 atom stereocenters. The molecule has 0 radical (unpaired) electrons. The number of rotatable bonds is 4. The number of hydrogen-bond acceptors (Lipinski definition) is 4. The molecule has 1 aliphatic rings. The van der Waals surface area contributed by atoms with Gasteiger partial charge in [-0.1, -0.05) is 12.1 Å². The van der Waals surface area contributed by atoms with Gasteiger partial charge in [0.05, 0.1) is 30.0 Å². The number of hydrogen-bond donors (Lipinski definition) is 1. The molecule has 0 unspecified atom stereocenters. The highest BCUT2D eigenvalue weighted by Gasteiger charge is 2.26. The Morgan fingerprint density at radius 3 is 2.85 bits per heavy atom. The molecular formula is C20H21N4OS+. The first-order valence-electron chi connectivity index (χ1n) is 8.80. The molecule has 1 amide bonds. The summed E-state index contributed by atoms with van der Waals surface area (Å²) < 4.78 is 0. The molecule has 1 saturated heterocycles. The molecule has 2 aromatic heterocycles. The molecule has 0 bridgehead atoms. The lowest BCUT2D eigenvalue weighted by molar-refractivity contribution is -0.364. The van der Waals surface area contributed by atoms with Gasteiger partial charge >= 0.3 is 0 Å². The number of pyridine rings is 1. The second-order valence-electron chi connectivity index (χ2n) is 6.41. The van der Waals surface area contributed by atoms with Crippen molar-refractivity contribution in [3.63, 3.8) is 0 Å². The zero-order valence-corrected chi connectivity index (χ0v) is 15.5. The Morgan fingerprint density at radius 1 is 1.23 bits per heavy atom. The normalized spacial score (nSPS) is 13.8. The van der Waals surface area contributed by atoms with Gasteiger partial charge in [0.25, 0.3) is 11.7 Å². The Morgan fingerprint density at radius 2 is 2.08 bits per heavy atom. The van der Waals surface area contributed by atoms with Gasteiger partial charge in [-0.3, -0.25) is 9.69 Å². The number of aromatic nitrogens is 2. The van der Waals surface area contributed by atoms with Crippen LogP contribution in [0.4, 0.5) is 11.5 Å². The lowest BCUT2D eigenvalue weighted by Crippen LogP contribution is -2.29. The number of carbonyl (C=O) groups excluding carboxylic acids is 1. The fourth-order valence-corrected chi connectivity index (χ4v) is 3.89. The average molecular weight is 365 g/mol. The lowest BCUT2D eigenvalue weighted by atomic mass is 10.1. The summed E-state index contributed by atoms with van der Waals surface area (Å²) in [7, 11) is 0. The molecule has 0 saturated carbocycles. The van der Waals surface area contributed by atoms with Gasteiger partial charge in [0, 0.05) is 16.6 Å². The van der Waals surface area contributed by atoms with Gasteiger partial charge < -0.3 is 5.32 Å². The van der Waals surface area contributed by atoms with Gasteiger partial charge in [0.15, 0.2) is 0 Å². The van der Waals surface area contributed by atoms with Crippen LogP contribution in [0, 0.1) is 6.92 Å². The van der Waals surface area contributed by atoms with Crippen molar-refractivity contribution in [2.75, 3.05) is 23.3 Å². The van der Waals surface area contributed by atoms with E-state index >= 15 is 0 Å².